The fraction of sp³-hybridized carbons (Fsp3) is 0.538. The van der Waals surface area contributed by atoms with Gasteiger partial charge in [-0.3, -0.25) is 0 Å². The largest absolute Gasteiger partial charge is 0.395 e. The zero-order chi connectivity index (χ0) is 12.1. The molecule has 0 heterocycles. The topological polar surface area (TPSA) is 32.3 Å². The highest BCUT2D eigenvalue weighted by molar-refractivity contribution is 6.31. The van der Waals surface area contributed by atoms with E-state index in [1.807, 2.05) is 24.3 Å². The highest BCUT2D eigenvalue weighted by Gasteiger charge is 2.16. The molecular weight excluding hydrogens is 222 g/mol. The van der Waals surface area contributed by atoms with Crippen molar-refractivity contribution < 1.29 is 5.11 Å². The maximum absolute atomic E-state index is 9.27. The van der Waals surface area contributed by atoms with Crippen molar-refractivity contribution in [1.29, 1.82) is 0 Å². The van der Waals surface area contributed by atoms with Crippen molar-refractivity contribution in [2.45, 2.75) is 32.9 Å². The Kier molecular flexibility index (Phi) is 5.26. The Balaban J connectivity index is 2.72. The Morgan fingerprint density at radius 2 is 1.88 bits per heavy atom. The number of hydrogen-bond donors (Lipinski definition) is 2. The van der Waals surface area contributed by atoms with E-state index in [9.17, 15) is 5.11 Å². The van der Waals surface area contributed by atoms with Crippen molar-refractivity contribution >= 4 is 11.6 Å². The van der Waals surface area contributed by atoms with E-state index in [2.05, 4.69) is 26.1 Å². The van der Waals surface area contributed by atoms with Crippen LogP contribution in [0.1, 0.15) is 32.4 Å². The molecule has 0 bridgehead atoms. The molecule has 0 spiro atoms. The van der Waals surface area contributed by atoms with Gasteiger partial charge in [0.2, 0.25) is 0 Å². The van der Waals surface area contributed by atoms with Gasteiger partial charge in [0.25, 0.3) is 0 Å². The molecule has 0 saturated carbocycles. The van der Waals surface area contributed by atoms with E-state index < -0.39 is 0 Å². The lowest BCUT2D eigenvalue weighted by atomic mass is 10.0. The highest BCUT2D eigenvalue weighted by Crippen LogP contribution is 2.23. The lowest BCUT2D eigenvalue weighted by Crippen LogP contribution is -2.38. The molecule has 90 valence electrons. The Labute approximate surface area is 103 Å². The van der Waals surface area contributed by atoms with Gasteiger partial charge in [0.1, 0.15) is 0 Å². The molecule has 0 aliphatic rings. The lowest BCUT2D eigenvalue weighted by Gasteiger charge is -2.25. The molecule has 16 heavy (non-hydrogen) atoms. The first-order valence-electron chi connectivity index (χ1n) is 5.67. The predicted octanol–water partition coefficient (Wildman–Crippen LogP) is 3.01. The minimum absolute atomic E-state index is 0.103. The second kappa shape index (κ2) is 6.24. The maximum Gasteiger partial charge on any atom is 0.0587 e. The van der Waals surface area contributed by atoms with Crippen LogP contribution in [0.5, 0.6) is 0 Å². The molecular formula is C13H20ClNO. The van der Waals surface area contributed by atoms with Gasteiger partial charge in [-0.1, -0.05) is 43.6 Å². The summed E-state index contributed by atoms with van der Waals surface area (Å²) in [6.45, 7) is 6.39. The Hall–Kier alpha value is -0.570. The van der Waals surface area contributed by atoms with Crippen LogP contribution in [-0.2, 0) is 0 Å². The monoisotopic (exact) mass is 241 g/mol. The van der Waals surface area contributed by atoms with E-state index >= 15 is 0 Å². The van der Waals surface area contributed by atoms with E-state index in [1.54, 1.807) is 0 Å². The summed E-state index contributed by atoms with van der Waals surface area (Å²) in [6, 6.07) is 8.04. The summed E-state index contributed by atoms with van der Waals surface area (Å²) in [6.07, 6.45) is 0. The summed E-state index contributed by atoms with van der Waals surface area (Å²) in [4.78, 5) is 0. The zero-order valence-electron chi connectivity index (χ0n) is 10.1. The van der Waals surface area contributed by atoms with Gasteiger partial charge in [0, 0.05) is 17.1 Å². The van der Waals surface area contributed by atoms with Crippen molar-refractivity contribution in [2.24, 2.45) is 5.92 Å². The fourth-order valence-electron chi connectivity index (χ4n) is 1.69. The summed E-state index contributed by atoms with van der Waals surface area (Å²) >= 11 is 6.12. The minimum atomic E-state index is 0.103. The SMILES string of the molecule is CC(NC(CO)C(C)C)c1ccccc1Cl. The molecule has 1 aromatic rings. The first-order chi connectivity index (χ1) is 7.56. The molecule has 0 aromatic heterocycles. The summed E-state index contributed by atoms with van der Waals surface area (Å²) < 4.78 is 0. The van der Waals surface area contributed by atoms with Crippen LogP contribution in [0.15, 0.2) is 24.3 Å². The van der Waals surface area contributed by atoms with Crippen molar-refractivity contribution in [3.8, 4) is 0 Å². The van der Waals surface area contributed by atoms with E-state index in [4.69, 9.17) is 11.6 Å². The fourth-order valence-corrected chi connectivity index (χ4v) is 1.99. The molecule has 3 heteroatoms. The van der Waals surface area contributed by atoms with Crippen molar-refractivity contribution in [3.05, 3.63) is 34.9 Å². The van der Waals surface area contributed by atoms with Crippen LogP contribution in [-0.4, -0.2) is 17.8 Å². The van der Waals surface area contributed by atoms with Crippen LogP contribution < -0.4 is 5.32 Å². The predicted molar refractivity (Wildman–Crippen MR) is 68.7 cm³/mol. The third-order valence-electron chi connectivity index (χ3n) is 2.84. The number of halogens is 1. The molecule has 0 aliphatic carbocycles. The molecule has 0 radical (unpaired) electrons. The molecule has 0 aliphatic heterocycles. The molecule has 2 N–H and O–H groups in total. The first-order valence-corrected chi connectivity index (χ1v) is 6.05. The smallest absolute Gasteiger partial charge is 0.0587 e. The highest BCUT2D eigenvalue weighted by atomic mass is 35.5. The summed E-state index contributed by atoms with van der Waals surface area (Å²) in [7, 11) is 0. The molecule has 1 aromatic carbocycles. The van der Waals surface area contributed by atoms with Crippen LogP contribution >= 0.6 is 11.6 Å². The number of aliphatic hydroxyl groups excluding tert-OH is 1. The van der Waals surface area contributed by atoms with Gasteiger partial charge < -0.3 is 10.4 Å². The average molecular weight is 242 g/mol. The lowest BCUT2D eigenvalue weighted by molar-refractivity contribution is 0.201. The second-order valence-corrected chi connectivity index (χ2v) is 4.85. The molecule has 2 atom stereocenters. The number of nitrogens with one attached hydrogen (secondary N) is 1. The van der Waals surface area contributed by atoms with Crippen molar-refractivity contribution in [3.63, 3.8) is 0 Å². The third kappa shape index (κ3) is 3.48. The normalized spacial score (nSPS) is 15.1. The van der Waals surface area contributed by atoms with Crippen LogP contribution in [0, 0.1) is 5.92 Å². The van der Waals surface area contributed by atoms with Gasteiger partial charge in [-0.25, -0.2) is 0 Å². The van der Waals surface area contributed by atoms with Gasteiger partial charge in [0.05, 0.1) is 6.61 Å². The van der Waals surface area contributed by atoms with Gasteiger partial charge in [-0.05, 0) is 24.5 Å². The summed E-state index contributed by atoms with van der Waals surface area (Å²) in [5.74, 6) is 0.398. The molecule has 2 nitrogen and oxygen atoms in total. The maximum atomic E-state index is 9.27. The van der Waals surface area contributed by atoms with E-state index in [1.165, 1.54) is 0 Å². The van der Waals surface area contributed by atoms with Gasteiger partial charge in [-0.2, -0.15) is 0 Å². The second-order valence-electron chi connectivity index (χ2n) is 4.44. The summed E-state index contributed by atoms with van der Waals surface area (Å²) in [5, 5.41) is 13.4. The third-order valence-corrected chi connectivity index (χ3v) is 3.18. The number of aliphatic hydroxyl groups is 1. The molecule has 1 rings (SSSR count). The van der Waals surface area contributed by atoms with Crippen LogP contribution in [0.4, 0.5) is 0 Å². The molecule has 0 amide bonds. The number of rotatable bonds is 5. The number of hydrogen-bond acceptors (Lipinski definition) is 2. The van der Waals surface area contributed by atoms with Crippen LogP contribution in [0.3, 0.4) is 0 Å². The zero-order valence-corrected chi connectivity index (χ0v) is 10.8. The standard InChI is InChI=1S/C13H20ClNO/c1-9(2)13(8-16)15-10(3)11-6-4-5-7-12(11)14/h4-7,9-10,13,15-16H,8H2,1-3H3. The minimum Gasteiger partial charge on any atom is -0.395 e. The van der Waals surface area contributed by atoms with Gasteiger partial charge >= 0.3 is 0 Å². The van der Waals surface area contributed by atoms with Crippen LogP contribution in [0.25, 0.3) is 0 Å². The molecule has 0 saturated heterocycles. The Bertz CT molecular complexity index is 327. The van der Waals surface area contributed by atoms with E-state index in [0.717, 1.165) is 10.6 Å². The summed E-state index contributed by atoms with van der Waals surface area (Å²) in [5.41, 5.74) is 1.07. The Morgan fingerprint density at radius 3 is 2.38 bits per heavy atom. The van der Waals surface area contributed by atoms with Gasteiger partial charge in [0.15, 0.2) is 0 Å². The van der Waals surface area contributed by atoms with Gasteiger partial charge in [-0.15, -0.1) is 0 Å². The van der Waals surface area contributed by atoms with E-state index in [0.29, 0.717) is 5.92 Å². The van der Waals surface area contributed by atoms with Crippen molar-refractivity contribution in [2.75, 3.05) is 6.61 Å². The number of benzene rings is 1. The average Bonchev–Trinajstić information content (AvgIpc) is 2.25. The van der Waals surface area contributed by atoms with E-state index in [-0.39, 0.29) is 18.7 Å². The molecule has 2 unspecified atom stereocenters. The van der Waals surface area contributed by atoms with Crippen molar-refractivity contribution in [1.82, 2.24) is 5.32 Å². The molecule has 0 fully saturated rings. The Morgan fingerprint density at radius 1 is 1.25 bits per heavy atom. The van der Waals surface area contributed by atoms with Crippen LogP contribution in [0.2, 0.25) is 5.02 Å². The quantitative estimate of drug-likeness (QED) is 0.831. The first kappa shape index (κ1) is 13.5.